The minimum absolute atomic E-state index is 0.0211. The summed E-state index contributed by atoms with van der Waals surface area (Å²) in [5.74, 6) is 0.880. The number of nitrogens with zero attached hydrogens (tertiary/aromatic N) is 2. The van der Waals surface area contributed by atoms with Crippen LogP contribution >= 0.6 is 0 Å². The molecule has 0 spiro atoms. The molecule has 132 valence electrons. The van der Waals surface area contributed by atoms with Crippen LogP contribution in [0.4, 0.5) is 11.4 Å². The molecule has 26 heavy (non-hydrogen) atoms. The van der Waals surface area contributed by atoms with Crippen molar-refractivity contribution in [1.82, 2.24) is 4.98 Å². The number of nitrogens with one attached hydrogen (secondary N) is 1. The van der Waals surface area contributed by atoms with Crippen LogP contribution in [0.25, 0.3) is 10.8 Å². The van der Waals surface area contributed by atoms with E-state index in [1.165, 1.54) is 12.3 Å². The topological polar surface area (TPSA) is 94.4 Å². The molecule has 0 unspecified atom stereocenters. The van der Waals surface area contributed by atoms with Crippen molar-refractivity contribution in [3.63, 3.8) is 0 Å². The van der Waals surface area contributed by atoms with Gasteiger partial charge in [-0.2, -0.15) is 0 Å². The number of pyridine rings is 1. The van der Waals surface area contributed by atoms with Crippen LogP contribution in [0.5, 0.6) is 11.5 Å². The summed E-state index contributed by atoms with van der Waals surface area (Å²) < 4.78 is 5.87. The smallest absolute Gasteiger partial charge is 0.279 e. The number of amides is 1. The van der Waals surface area contributed by atoms with Gasteiger partial charge in [0.05, 0.1) is 10.3 Å². The number of nitro benzene ring substituents is 1. The van der Waals surface area contributed by atoms with Gasteiger partial charge < -0.3 is 10.1 Å². The van der Waals surface area contributed by atoms with Crippen LogP contribution in [-0.2, 0) is 4.79 Å². The first-order valence-electron chi connectivity index (χ1n) is 8.05. The fourth-order valence-electron chi connectivity index (χ4n) is 2.42. The van der Waals surface area contributed by atoms with E-state index in [-0.39, 0.29) is 17.5 Å². The second-order valence-corrected chi connectivity index (χ2v) is 6.03. The average Bonchev–Trinajstić information content (AvgIpc) is 2.63. The quantitative estimate of drug-likeness (QED) is 0.538. The van der Waals surface area contributed by atoms with Crippen molar-refractivity contribution in [3.05, 3.63) is 65.0 Å². The molecule has 0 aliphatic carbocycles. The summed E-state index contributed by atoms with van der Waals surface area (Å²) in [7, 11) is 0. The van der Waals surface area contributed by atoms with E-state index in [9.17, 15) is 14.9 Å². The van der Waals surface area contributed by atoms with Gasteiger partial charge in [-0.05, 0) is 36.4 Å². The van der Waals surface area contributed by atoms with Gasteiger partial charge in [0.25, 0.3) is 5.69 Å². The number of benzene rings is 2. The monoisotopic (exact) mass is 351 g/mol. The second kappa shape index (κ2) is 7.18. The van der Waals surface area contributed by atoms with Crippen LogP contribution in [0.15, 0.2) is 54.9 Å². The molecule has 1 N–H and O–H groups in total. The minimum atomic E-state index is -0.444. The lowest BCUT2D eigenvalue weighted by Crippen LogP contribution is -2.17. The van der Waals surface area contributed by atoms with E-state index in [0.717, 1.165) is 0 Å². The van der Waals surface area contributed by atoms with E-state index < -0.39 is 4.92 Å². The average molecular weight is 351 g/mol. The van der Waals surface area contributed by atoms with E-state index in [4.69, 9.17) is 4.74 Å². The van der Waals surface area contributed by atoms with E-state index in [0.29, 0.717) is 28.0 Å². The highest BCUT2D eigenvalue weighted by molar-refractivity contribution is 5.95. The fraction of sp³-hybridized carbons (Fsp3) is 0.158. The van der Waals surface area contributed by atoms with Crippen molar-refractivity contribution in [2.24, 2.45) is 5.92 Å². The largest absolute Gasteiger partial charge is 0.457 e. The molecule has 0 bridgehead atoms. The Bertz CT molecular complexity index is 968. The molecule has 0 saturated carbocycles. The van der Waals surface area contributed by atoms with Gasteiger partial charge in [0, 0.05) is 35.5 Å². The molecular weight excluding hydrogens is 334 g/mol. The molecule has 3 rings (SSSR count). The van der Waals surface area contributed by atoms with Crippen LogP contribution in [0, 0.1) is 16.0 Å². The summed E-state index contributed by atoms with van der Waals surface area (Å²) in [6.45, 7) is 3.64. The van der Waals surface area contributed by atoms with Gasteiger partial charge in [0.1, 0.15) is 11.5 Å². The molecule has 0 saturated heterocycles. The number of rotatable bonds is 5. The zero-order valence-electron chi connectivity index (χ0n) is 14.3. The minimum Gasteiger partial charge on any atom is -0.457 e. The molecule has 2 aromatic carbocycles. The van der Waals surface area contributed by atoms with Gasteiger partial charge in [0.15, 0.2) is 0 Å². The molecule has 0 radical (unpaired) electrons. The Balaban J connectivity index is 1.87. The molecule has 0 aliphatic heterocycles. The number of nitro groups is 1. The normalized spacial score (nSPS) is 10.7. The van der Waals surface area contributed by atoms with Gasteiger partial charge >= 0.3 is 0 Å². The number of anilines is 1. The molecular formula is C19H17N3O4. The molecule has 1 aromatic heterocycles. The maximum atomic E-state index is 11.7. The lowest BCUT2D eigenvalue weighted by molar-refractivity contribution is -0.383. The second-order valence-electron chi connectivity index (χ2n) is 6.03. The number of carbonyl (C=O) groups is 1. The van der Waals surface area contributed by atoms with Gasteiger partial charge in [-0.1, -0.05) is 13.8 Å². The Labute approximate surface area is 149 Å². The lowest BCUT2D eigenvalue weighted by Gasteiger charge is -2.11. The van der Waals surface area contributed by atoms with Crippen molar-refractivity contribution in [3.8, 4) is 11.5 Å². The van der Waals surface area contributed by atoms with E-state index >= 15 is 0 Å². The van der Waals surface area contributed by atoms with E-state index in [2.05, 4.69) is 10.3 Å². The SMILES string of the molecule is CC(C)C(=O)Nc1ccc(Oc2ccc([N+](=O)[O-])c3cnccc23)cc1. The predicted octanol–water partition coefficient (Wildman–Crippen LogP) is 4.53. The summed E-state index contributed by atoms with van der Waals surface area (Å²) >= 11 is 0. The number of aromatic nitrogens is 1. The third-order valence-electron chi connectivity index (χ3n) is 3.83. The van der Waals surface area contributed by atoms with Gasteiger partial charge in [0.2, 0.25) is 5.91 Å². The van der Waals surface area contributed by atoms with Crippen molar-refractivity contribution >= 4 is 28.1 Å². The maximum Gasteiger partial charge on any atom is 0.279 e. The van der Waals surface area contributed by atoms with Gasteiger partial charge in [-0.25, -0.2) is 0 Å². The van der Waals surface area contributed by atoms with E-state index in [1.807, 2.05) is 13.8 Å². The Morgan fingerprint density at radius 1 is 1.12 bits per heavy atom. The highest BCUT2D eigenvalue weighted by Crippen LogP contribution is 2.35. The number of hydrogen-bond donors (Lipinski definition) is 1. The van der Waals surface area contributed by atoms with Crippen LogP contribution in [0.1, 0.15) is 13.8 Å². The van der Waals surface area contributed by atoms with Crippen molar-refractivity contribution in [2.45, 2.75) is 13.8 Å². The zero-order valence-corrected chi connectivity index (χ0v) is 14.3. The van der Waals surface area contributed by atoms with Crippen molar-refractivity contribution < 1.29 is 14.5 Å². The summed E-state index contributed by atoms with van der Waals surface area (Å²) in [5, 5.41) is 15.0. The summed E-state index contributed by atoms with van der Waals surface area (Å²) in [6.07, 6.45) is 3.01. The number of fused-ring (bicyclic) bond motifs is 1. The first kappa shape index (κ1) is 17.3. The molecule has 0 fully saturated rings. The summed E-state index contributed by atoms with van der Waals surface area (Å²) in [5.41, 5.74) is 0.654. The molecule has 7 heteroatoms. The predicted molar refractivity (Wildman–Crippen MR) is 98.4 cm³/mol. The highest BCUT2D eigenvalue weighted by atomic mass is 16.6. The third-order valence-corrected chi connectivity index (χ3v) is 3.83. The first-order chi connectivity index (χ1) is 12.5. The number of non-ortho nitro benzene ring substituents is 1. The standard InChI is InChI=1S/C19H17N3O4/c1-12(2)19(23)21-13-3-5-14(6-4-13)26-18-8-7-17(22(24)25)16-11-20-10-9-15(16)18/h3-12H,1-2H3,(H,21,23). The summed E-state index contributed by atoms with van der Waals surface area (Å²) in [4.78, 5) is 26.4. The zero-order chi connectivity index (χ0) is 18.7. The molecule has 3 aromatic rings. The molecule has 1 amide bonds. The molecule has 1 heterocycles. The Morgan fingerprint density at radius 3 is 2.50 bits per heavy atom. The van der Waals surface area contributed by atoms with Crippen LogP contribution < -0.4 is 10.1 Å². The molecule has 0 atom stereocenters. The van der Waals surface area contributed by atoms with Crippen molar-refractivity contribution in [1.29, 1.82) is 0 Å². The summed E-state index contributed by atoms with van der Waals surface area (Å²) in [6, 6.07) is 11.6. The molecule has 7 nitrogen and oxygen atoms in total. The van der Waals surface area contributed by atoms with Crippen LogP contribution in [0.2, 0.25) is 0 Å². The Morgan fingerprint density at radius 2 is 1.85 bits per heavy atom. The van der Waals surface area contributed by atoms with Crippen LogP contribution in [0.3, 0.4) is 0 Å². The van der Waals surface area contributed by atoms with Crippen LogP contribution in [-0.4, -0.2) is 15.8 Å². The van der Waals surface area contributed by atoms with Gasteiger partial charge in [-0.3, -0.25) is 19.9 Å². The fourth-order valence-corrected chi connectivity index (χ4v) is 2.42. The maximum absolute atomic E-state index is 11.7. The van der Waals surface area contributed by atoms with Gasteiger partial charge in [-0.15, -0.1) is 0 Å². The van der Waals surface area contributed by atoms with Crippen molar-refractivity contribution in [2.75, 3.05) is 5.32 Å². The number of carbonyl (C=O) groups excluding carboxylic acids is 1. The molecule has 0 aliphatic rings. The Hall–Kier alpha value is -3.48. The van der Waals surface area contributed by atoms with E-state index in [1.54, 1.807) is 42.6 Å². The third kappa shape index (κ3) is 3.61. The highest BCUT2D eigenvalue weighted by Gasteiger charge is 2.15. The number of hydrogen-bond acceptors (Lipinski definition) is 5. The Kier molecular flexibility index (Phi) is 4.79. The lowest BCUT2D eigenvalue weighted by atomic mass is 10.1. The first-order valence-corrected chi connectivity index (χ1v) is 8.05. The number of ether oxygens (including phenoxy) is 1.